The Labute approximate surface area is 102 Å². The van der Waals surface area contributed by atoms with E-state index in [0.717, 1.165) is 0 Å². The van der Waals surface area contributed by atoms with E-state index in [1.54, 1.807) is 24.3 Å². The molecule has 1 aromatic carbocycles. The second kappa shape index (κ2) is 4.22. The minimum absolute atomic E-state index is 0.231. The molecule has 0 saturated heterocycles. The second-order valence-corrected chi connectivity index (χ2v) is 4.22. The number of imide groups is 1. The van der Waals surface area contributed by atoms with Gasteiger partial charge < -0.3 is 0 Å². The third-order valence-corrected chi connectivity index (χ3v) is 3.30. The van der Waals surface area contributed by atoms with Gasteiger partial charge in [0.15, 0.2) is 0 Å². The van der Waals surface area contributed by atoms with Crippen LogP contribution in [0.1, 0.15) is 13.3 Å². The maximum Gasteiger partial charge on any atom is 0.272 e. The lowest BCUT2D eigenvalue weighted by molar-refractivity contribution is -0.120. The first kappa shape index (κ1) is 11.1. The molecule has 0 saturated carbocycles. The molecule has 3 nitrogen and oxygen atoms in total. The van der Waals surface area contributed by atoms with E-state index in [2.05, 4.69) is 15.9 Å². The highest BCUT2D eigenvalue weighted by Crippen LogP contribution is 2.31. The van der Waals surface area contributed by atoms with E-state index in [9.17, 15) is 9.59 Å². The van der Waals surface area contributed by atoms with E-state index < -0.39 is 0 Å². The Morgan fingerprint density at radius 2 is 1.75 bits per heavy atom. The maximum atomic E-state index is 12.0. The van der Waals surface area contributed by atoms with Crippen molar-refractivity contribution in [3.8, 4) is 0 Å². The van der Waals surface area contributed by atoms with E-state index >= 15 is 0 Å². The number of amides is 2. The van der Waals surface area contributed by atoms with Gasteiger partial charge in [0.1, 0.15) is 0 Å². The summed E-state index contributed by atoms with van der Waals surface area (Å²) in [7, 11) is 0. The summed E-state index contributed by atoms with van der Waals surface area (Å²) < 4.78 is 0.379. The molecule has 1 aliphatic rings. The zero-order valence-corrected chi connectivity index (χ0v) is 10.3. The molecule has 0 bridgehead atoms. The number of hydrogen-bond acceptors (Lipinski definition) is 2. The van der Waals surface area contributed by atoms with E-state index in [-0.39, 0.29) is 11.8 Å². The number of anilines is 1. The Balaban J connectivity index is 2.42. The van der Waals surface area contributed by atoms with Crippen LogP contribution >= 0.6 is 15.9 Å². The lowest BCUT2D eigenvalue weighted by Crippen LogP contribution is -2.31. The van der Waals surface area contributed by atoms with Crippen LogP contribution in [0.5, 0.6) is 0 Å². The molecular weight excluding hydrogens is 270 g/mol. The SMILES string of the molecule is CCC1=C(Br)C(=O)N(c2ccccc2)C1=O. The first-order valence-corrected chi connectivity index (χ1v) is 5.78. The minimum atomic E-state index is -0.284. The highest BCUT2D eigenvalue weighted by atomic mass is 79.9. The summed E-state index contributed by atoms with van der Waals surface area (Å²) in [6.07, 6.45) is 0.550. The number of hydrogen-bond donors (Lipinski definition) is 0. The third-order valence-electron chi connectivity index (χ3n) is 2.49. The summed E-state index contributed by atoms with van der Waals surface area (Å²) >= 11 is 3.18. The summed E-state index contributed by atoms with van der Waals surface area (Å²) in [6, 6.07) is 8.93. The van der Waals surface area contributed by atoms with Crippen molar-refractivity contribution in [2.45, 2.75) is 13.3 Å². The van der Waals surface area contributed by atoms with Crippen LogP contribution in [0.2, 0.25) is 0 Å². The quantitative estimate of drug-likeness (QED) is 0.781. The molecule has 1 aliphatic heterocycles. The predicted molar refractivity (Wildman–Crippen MR) is 65.2 cm³/mol. The highest BCUT2D eigenvalue weighted by molar-refractivity contribution is 9.12. The van der Waals surface area contributed by atoms with Gasteiger partial charge in [-0.2, -0.15) is 0 Å². The fraction of sp³-hybridized carbons (Fsp3) is 0.167. The average molecular weight is 280 g/mol. The maximum absolute atomic E-state index is 12.0. The molecule has 1 heterocycles. The van der Waals surface area contributed by atoms with Crippen molar-refractivity contribution in [2.75, 3.05) is 4.90 Å². The fourth-order valence-corrected chi connectivity index (χ4v) is 2.29. The summed E-state index contributed by atoms with van der Waals surface area (Å²) in [5, 5.41) is 0. The van der Waals surface area contributed by atoms with Gasteiger partial charge in [0.2, 0.25) is 0 Å². The predicted octanol–water partition coefficient (Wildman–Crippen LogP) is 2.62. The van der Waals surface area contributed by atoms with Crippen LogP contribution in [0.25, 0.3) is 0 Å². The molecular formula is C12H10BrNO2. The lowest BCUT2D eigenvalue weighted by atomic mass is 10.2. The van der Waals surface area contributed by atoms with Gasteiger partial charge in [-0.25, -0.2) is 4.90 Å². The van der Waals surface area contributed by atoms with Crippen LogP contribution < -0.4 is 4.90 Å². The van der Waals surface area contributed by atoms with Crippen molar-refractivity contribution >= 4 is 33.4 Å². The first-order chi connectivity index (χ1) is 7.66. The number of nitrogens with zero attached hydrogens (tertiary/aromatic N) is 1. The molecule has 82 valence electrons. The van der Waals surface area contributed by atoms with Crippen LogP contribution in [0, 0.1) is 0 Å². The van der Waals surface area contributed by atoms with Gasteiger partial charge in [0.05, 0.1) is 10.2 Å². The van der Waals surface area contributed by atoms with E-state index in [0.29, 0.717) is 22.2 Å². The largest absolute Gasteiger partial charge is 0.272 e. The normalized spacial score (nSPS) is 16.2. The molecule has 1 aromatic rings. The van der Waals surface area contributed by atoms with E-state index in [1.165, 1.54) is 4.90 Å². The van der Waals surface area contributed by atoms with Crippen molar-refractivity contribution in [1.82, 2.24) is 0 Å². The van der Waals surface area contributed by atoms with Gasteiger partial charge in [-0.3, -0.25) is 9.59 Å². The van der Waals surface area contributed by atoms with Gasteiger partial charge in [-0.1, -0.05) is 25.1 Å². The van der Waals surface area contributed by atoms with Crippen molar-refractivity contribution in [2.24, 2.45) is 0 Å². The zero-order valence-electron chi connectivity index (χ0n) is 8.74. The summed E-state index contributed by atoms with van der Waals surface area (Å²) in [5.74, 6) is -0.515. The van der Waals surface area contributed by atoms with Gasteiger partial charge in [-0.15, -0.1) is 0 Å². The zero-order chi connectivity index (χ0) is 11.7. The average Bonchev–Trinajstić information content (AvgIpc) is 2.51. The van der Waals surface area contributed by atoms with Gasteiger partial charge in [0, 0.05) is 5.57 Å². The Bertz CT molecular complexity index is 479. The second-order valence-electron chi connectivity index (χ2n) is 3.43. The standard InChI is InChI=1S/C12H10BrNO2/c1-2-9-10(13)12(16)14(11(9)15)8-6-4-3-5-7-8/h3-7H,2H2,1H3. The molecule has 0 N–H and O–H groups in total. The topological polar surface area (TPSA) is 37.4 Å². The monoisotopic (exact) mass is 279 g/mol. The van der Waals surface area contributed by atoms with E-state index in [1.807, 2.05) is 13.0 Å². The molecule has 0 unspecified atom stereocenters. The Hall–Kier alpha value is -1.42. The van der Waals surface area contributed by atoms with Crippen LogP contribution in [0.4, 0.5) is 5.69 Å². The Kier molecular flexibility index (Phi) is 2.92. The van der Waals surface area contributed by atoms with Crippen molar-refractivity contribution in [3.05, 3.63) is 40.4 Å². The van der Waals surface area contributed by atoms with Crippen molar-refractivity contribution < 1.29 is 9.59 Å². The summed E-state index contributed by atoms with van der Waals surface area (Å²) in [4.78, 5) is 25.1. The van der Waals surface area contributed by atoms with Crippen molar-refractivity contribution in [3.63, 3.8) is 0 Å². The smallest absolute Gasteiger partial charge is 0.269 e. The third kappa shape index (κ3) is 1.59. The van der Waals surface area contributed by atoms with Crippen LogP contribution in [0.3, 0.4) is 0 Å². The lowest BCUT2D eigenvalue weighted by Gasteiger charge is -2.14. The van der Waals surface area contributed by atoms with Gasteiger partial charge in [-0.05, 0) is 34.5 Å². The van der Waals surface area contributed by atoms with E-state index in [4.69, 9.17) is 0 Å². The fourth-order valence-electron chi connectivity index (χ4n) is 1.67. The number of halogens is 1. The van der Waals surface area contributed by atoms with Crippen LogP contribution in [-0.2, 0) is 9.59 Å². The van der Waals surface area contributed by atoms with Gasteiger partial charge >= 0.3 is 0 Å². The first-order valence-electron chi connectivity index (χ1n) is 4.99. The molecule has 0 spiro atoms. The molecule has 0 radical (unpaired) electrons. The molecule has 0 fully saturated rings. The number of benzene rings is 1. The summed E-state index contributed by atoms with van der Waals surface area (Å²) in [5.41, 5.74) is 1.15. The number of carbonyl (C=O) groups excluding carboxylic acids is 2. The molecule has 16 heavy (non-hydrogen) atoms. The Morgan fingerprint density at radius 1 is 1.12 bits per heavy atom. The van der Waals surface area contributed by atoms with Crippen LogP contribution in [-0.4, -0.2) is 11.8 Å². The molecule has 0 aliphatic carbocycles. The van der Waals surface area contributed by atoms with Crippen molar-refractivity contribution in [1.29, 1.82) is 0 Å². The number of carbonyl (C=O) groups is 2. The molecule has 4 heteroatoms. The molecule has 0 atom stereocenters. The molecule has 2 amide bonds. The minimum Gasteiger partial charge on any atom is -0.269 e. The Morgan fingerprint density at radius 3 is 2.25 bits per heavy atom. The molecule has 2 rings (SSSR count). The number of para-hydroxylation sites is 1. The van der Waals surface area contributed by atoms with Crippen LogP contribution in [0.15, 0.2) is 40.4 Å². The van der Waals surface area contributed by atoms with Gasteiger partial charge in [0.25, 0.3) is 11.8 Å². The highest BCUT2D eigenvalue weighted by Gasteiger charge is 2.36. The molecule has 0 aromatic heterocycles. The number of rotatable bonds is 2. The summed E-state index contributed by atoms with van der Waals surface area (Å²) in [6.45, 7) is 1.86.